The third-order valence-corrected chi connectivity index (χ3v) is 3.33. The van der Waals surface area contributed by atoms with Crippen molar-refractivity contribution >= 4 is 11.7 Å². The molecule has 0 saturated heterocycles. The molecule has 1 heterocycles. The maximum Gasteiger partial charge on any atom is 0.229 e. The summed E-state index contributed by atoms with van der Waals surface area (Å²) in [6, 6.07) is 3.11. The molecule has 17 heavy (non-hydrogen) atoms. The number of nitrogens with one attached hydrogen (secondary N) is 1. The standard InChI is InChI=1S/C12H17N3O2/c13-7-8-3-1-4-9(8)12(17)15-11-10(16)5-2-6-14-11/h2,5-6,8-9,16H,1,3-4,7,13H2,(H,14,15,17). The topological polar surface area (TPSA) is 88.2 Å². The van der Waals surface area contributed by atoms with E-state index >= 15 is 0 Å². The molecule has 0 aliphatic heterocycles. The van der Waals surface area contributed by atoms with Gasteiger partial charge in [-0.1, -0.05) is 6.42 Å². The van der Waals surface area contributed by atoms with Crippen molar-refractivity contribution < 1.29 is 9.90 Å². The number of hydrogen-bond acceptors (Lipinski definition) is 4. The van der Waals surface area contributed by atoms with E-state index in [1.54, 1.807) is 6.07 Å². The van der Waals surface area contributed by atoms with Crippen LogP contribution in [-0.4, -0.2) is 22.5 Å². The van der Waals surface area contributed by atoms with Crippen LogP contribution >= 0.6 is 0 Å². The monoisotopic (exact) mass is 235 g/mol. The fourth-order valence-corrected chi connectivity index (χ4v) is 2.37. The minimum absolute atomic E-state index is 0.0110. The zero-order valence-corrected chi connectivity index (χ0v) is 9.60. The van der Waals surface area contributed by atoms with E-state index in [-0.39, 0.29) is 29.3 Å². The molecule has 5 heteroatoms. The number of pyridine rings is 1. The average Bonchev–Trinajstić information content (AvgIpc) is 2.80. The van der Waals surface area contributed by atoms with Crippen LogP contribution in [-0.2, 0) is 4.79 Å². The number of carbonyl (C=O) groups excluding carboxylic acids is 1. The van der Waals surface area contributed by atoms with Crippen molar-refractivity contribution in [2.45, 2.75) is 19.3 Å². The Bertz CT molecular complexity index is 408. The zero-order chi connectivity index (χ0) is 12.3. The number of nitrogens with two attached hydrogens (primary N) is 1. The molecule has 1 aliphatic rings. The Morgan fingerprint density at radius 1 is 1.59 bits per heavy atom. The van der Waals surface area contributed by atoms with E-state index in [2.05, 4.69) is 10.3 Å². The Kier molecular flexibility index (Phi) is 3.58. The highest BCUT2D eigenvalue weighted by molar-refractivity contribution is 5.93. The number of nitrogens with zero attached hydrogens (tertiary/aromatic N) is 1. The molecule has 1 amide bonds. The fraction of sp³-hybridized carbons (Fsp3) is 0.500. The number of carbonyl (C=O) groups is 1. The van der Waals surface area contributed by atoms with Gasteiger partial charge in [0.25, 0.3) is 0 Å². The molecule has 0 aromatic carbocycles. The van der Waals surface area contributed by atoms with Crippen LogP contribution in [0.1, 0.15) is 19.3 Å². The lowest BCUT2D eigenvalue weighted by Crippen LogP contribution is -2.30. The van der Waals surface area contributed by atoms with E-state index in [4.69, 9.17) is 5.73 Å². The molecule has 1 saturated carbocycles. The highest BCUT2D eigenvalue weighted by atomic mass is 16.3. The molecule has 1 aromatic heterocycles. The van der Waals surface area contributed by atoms with Gasteiger partial charge in [0.05, 0.1) is 0 Å². The molecular weight excluding hydrogens is 218 g/mol. The maximum atomic E-state index is 12.0. The van der Waals surface area contributed by atoms with Gasteiger partial charge in [0.2, 0.25) is 5.91 Å². The first-order valence-corrected chi connectivity index (χ1v) is 5.87. The van der Waals surface area contributed by atoms with Crippen LogP contribution < -0.4 is 11.1 Å². The van der Waals surface area contributed by atoms with Gasteiger partial charge in [0, 0.05) is 12.1 Å². The summed E-state index contributed by atoms with van der Waals surface area (Å²) in [5, 5.41) is 12.2. The summed E-state index contributed by atoms with van der Waals surface area (Å²) in [7, 11) is 0. The quantitative estimate of drug-likeness (QED) is 0.732. The van der Waals surface area contributed by atoms with Gasteiger partial charge >= 0.3 is 0 Å². The predicted octanol–water partition coefficient (Wildman–Crippen LogP) is 1.10. The van der Waals surface area contributed by atoms with Gasteiger partial charge in [-0.15, -0.1) is 0 Å². The highest BCUT2D eigenvalue weighted by Crippen LogP contribution is 2.32. The predicted molar refractivity (Wildman–Crippen MR) is 64.4 cm³/mol. The van der Waals surface area contributed by atoms with E-state index < -0.39 is 0 Å². The van der Waals surface area contributed by atoms with Crippen molar-refractivity contribution in [3.8, 4) is 5.75 Å². The lowest BCUT2D eigenvalue weighted by atomic mass is 9.95. The minimum Gasteiger partial charge on any atom is -0.504 e. The van der Waals surface area contributed by atoms with Gasteiger partial charge in [0.15, 0.2) is 11.6 Å². The van der Waals surface area contributed by atoms with Crippen molar-refractivity contribution in [3.05, 3.63) is 18.3 Å². The van der Waals surface area contributed by atoms with Crippen LogP contribution in [0.4, 0.5) is 5.82 Å². The number of aromatic nitrogens is 1. The Morgan fingerprint density at radius 2 is 2.41 bits per heavy atom. The number of anilines is 1. The number of rotatable bonds is 3. The number of hydrogen-bond donors (Lipinski definition) is 3. The number of amides is 1. The summed E-state index contributed by atoms with van der Waals surface area (Å²) in [5.41, 5.74) is 5.64. The molecule has 5 nitrogen and oxygen atoms in total. The molecule has 0 spiro atoms. The van der Waals surface area contributed by atoms with Crippen molar-refractivity contribution in [1.29, 1.82) is 0 Å². The molecule has 0 bridgehead atoms. The smallest absolute Gasteiger partial charge is 0.229 e. The third-order valence-electron chi connectivity index (χ3n) is 3.33. The molecule has 4 N–H and O–H groups in total. The molecule has 1 aliphatic carbocycles. The van der Waals surface area contributed by atoms with E-state index in [0.29, 0.717) is 6.54 Å². The van der Waals surface area contributed by atoms with Gasteiger partial charge in [-0.3, -0.25) is 4.79 Å². The Balaban J connectivity index is 2.04. The van der Waals surface area contributed by atoms with Gasteiger partial charge < -0.3 is 16.2 Å². The Hall–Kier alpha value is -1.62. The molecular formula is C12H17N3O2. The second kappa shape index (κ2) is 5.14. The number of aromatic hydroxyl groups is 1. The van der Waals surface area contributed by atoms with Crippen molar-refractivity contribution in [1.82, 2.24) is 4.98 Å². The lowest BCUT2D eigenvalue weighted by molar-refractivity contribution is -0.120. The first kappa shape index (κ1) is 11.9. The first-order valence-electron chi connectivity index (χ1n) is 5.87. The van der Waals surface area contributed by atoms with Gasteiger partial charge in [-0.2, -0.15) is 0 Å². The highest BCUT2D eigenvalue weighted by Gasteiger charge is 2.32. The van der Waals surface area contributed by atoms with E-state index in [1.165, 1.54) is 12.3 Å². The third kappa shape index (κ3) is 2.55. The SMILES string of the molecule is NCC1CCCC1C(=O)Nc1ncccc1O. The van der Waals surface area contributed by atoms with Crippen LogP contribution in [0.5, 0.6) is 5.75 Å². The average molecular weight is 235 g/mol. The van der Waals surface area contributed by atoms with Gasteiger partial charge in [-0.25, -0.2) is 4.98 Å². The van der Waals surface area contributed by atoms with Gasteiger partial charge in [0.1, 0.15) is 0 Å². The molecule has 2 rings (SSSR count). The van der Waals surface area contributed by atoms with Crippen LogP contribution in [0.15, 0.2) is 18.3 Å². The summed E-state index contributed by atoms with van der Waals surface area (Å²) in [6.45, 7) is 0.534. The molecule has 1 aromatic rings. The van der Waals surface area contributed by atoms with Crippen LogP contribution in [0.2, 0.25) is 0 Å². The Labute approximate surface area is 100 Å². The molecule has 2 unspecified atom stereocenters. The summed E-state index contributed by atoms with van der Waals surface area (Å²) in [4.78, 5) is 15.9. The molecule has 1 fully saturated rings. The fourth-order valence-electron chi connectivity index (χ4n) is 2.37. The zero-order valence-electron chi connectivity index (χ0n) is 9.60. The summed E-state index contributed by atoms with van der Waals surface area (Å²) in [5.74, 6) is 0.317. The summed E-state index contributed by atoms with van der Waals surface area (Å²) in [6.07, 6.45) is 4.43. The van der Waals surface area contributed by atoms with Crippen molar-refractivity contribution in [2.24, 2.45) is 17.6 Å². The molecule has 92 valence electrons. The minimum atomic E-state index is -0.0908. The van der Waals surface area contributed by atoms with E-state index in [1.807, 2.05) is 0 Å². The second-order valence-corrected chi connectivity index (χ2v) is 4.39. The molecule has 0 radical (unpaired) electrons. The van der Waals surface area contributed by atoms with E-state index in [9.17, 15) is 9.90 Å². The van der Waals surface area contributed by atoms with Crippen molar-refractivity contribution in [2.75, 3.05) is 11.9 Å². The summed E-state index contributed by atoms with van der Waals surface area (Å²) >= 11 is 0. The normalized spacial score (nSPS) is 23.6. The largest absolute Gasteiger partial charge is 0.504 e. The Morgan fingerprint density at radius 3 is 3.12 bits per heavy atom. The van der Waals surface area contributed by atoms with Gasteiger partial charge in [-0.05, 0) is 37.4 Å². The second-order valence-electron chi connectivity index (χ2n) is 4.39. The van der Waals surface area contributed by atoms with Crippen LogP contribution in [0.3, 0.4) is 0 Å². The molecule has 2 atom stereocenters. The maximum absolute atomic E-state index is 12.0. The lowest BCUT2D eigenvalue weighted by Gasteiger charge is -2.17. The van der Waals surface area contributed by atoms with Crippen LogP contribution in [0.25, 0.3) is 0 Å². The van der Waals surface area contributed by atoms with Crippen molar-refractivity contribution in [3.63, 3.8) is 0 Å². The van der Waals surface area contributed by atoms with Crippen LogP contribution in [0, 0.1) is 11.8 Å². The van der Waals surface area contributed by atoms with E-state index in [0.717, 1.165) is 19.3 Å². The first-order chi connectivity index (χ1) is 8.22. The summed E-state index contributed by atoms with van der Waals surface area (Å²) < 4.78 is 0.